The molecule has 2 rings (SSSR count). The molecule has 0 atom stereocenters. The lowest BCUT2D eigenvalue weighted by atomic mass is 10.1. The van der Waals surface area contributed by atoms with Crippen LogP contribution in [-0.4, -0.2) is 16.1 Å². The molecule has 1 aromatic carbocycles. The van der Waals surface area contributed by atoms with Crippen molar-refractivity contribution in [1.82, 2.24) is 10.2 Å². The molecular weight excluding hydrogens is 252 g/mol. The van der Waals surface area contributed by atoms with Gasteiger partial charge >= 0.3 is 0 Å². The molecule has 0 spiro atoms. The van der Waals surface area contributed by atoms with E-state index in [1.807, 2.05) is 32.9 Å². The molecule has 1 aromatic heterocycles. The highest BCUT2D eigenvalue weighted by Gasteiger charge is 2.13. The van der Waals surface area contributed by atoms with Gasteiger partial charge in [0.1, 0.15) is 0 Å². The first-order valence-corrected chi connectivity index (χ1v) is 6.37. The molecule has 0 bridgehead atoms. The van der Waals surface area contributed by atoms with Crippen LogP contribution in [0, 0.1) is 27.7 Å². The molecule has 3 N–H and O–H groups in total. The highest BCUT2D eigenvalue weighted by atomic mass is 16.1. The summed E-state index contributed by atoms with van der Waals surface area (Å²) in [5.74, 6) is -0.187. The zero-order valence-corrected chi connectivity index (χ0v) is 12.1. The maximum atomic E-state index is 12.3. The van der Waals surface area contributed by atoms with Crippen molar-refractivity contribution in [3.63, 3.8) is 0 Å². The number of amides is 1. The second kappa shape index (κ2) is 5.28. The number of hydrogen-bond acceptors (Lipinski definition) is 4. The van der Waals surface area contributed by atoms with Gasteiger partial charge in [0.2, 0.25) is 0 Å². The van der Waals surface area contributed by atoms with Crippen LogP contribution in [0.25, 0.3) is 0 Å². The molecule has 104 valence electrons. The van der Waals surface area contributed by atoms with Gasteiger partial charge in [-0.05, 0) is 57.0 Å². The Morgan fingerprint density at radius 3 is 2.45 bits per heavy atom. The highest BCUT2D eigenvalue weighted by Crippen LogP contribution is 2.22. The van der Waals surface area contributed by atoms with Crippen LogP contribution in [0.3, 0.4) is 0 Å². The molecule has 20 heavy (non-hydrogen) atoms. The molecule has 5 heteroatoms. The van der Waals surface area contributed by atoms with Crippen molar-refractivity contribution in [1.29, 1.82) is 0 Å². The van der Waals surface area contributed by atoms with Gasteiger partial charge in [-0.3, -0.25) is 4.79 Å². The fourth-order valence-electron chi connectivity index (χ4n) is 1.94. The molecule has 5 nitrogen and oxygen atoms in total. The van der Waals surface area contributed by atoms with Gasteiger partial charge in [0, 0.05) is 11.4 Å². The number of carbonyl (C=O) groups is 1. The Morgan fingerprint density at radius 1 is 1.05 bits per heavy atom. The third-order valence-corrected chi connectivity index (χ3v) is 3.21. The fourth-order valence-corrected chi connectivity index (χ4v) is 1.94. The van der Waals surface area contributed by atoms with E-state index in [1.54, 1.807) is 13.0 Å². The predicted octanol–water partition coefficient (Wildman–Crippen LogP) is 2.54. The van der Waals surface area contributed by atoms with Gasteiger partial charge in [-0.1, -0.05) is 0 Å². The summed E-state index contributed by atoms with van der Waals surface area (Å²) in [6, 6.07) is 5.46. The number of aromatic nitrogens is 2. The van der Waals surface area contributed by atoms with Crippen LogP contribution in [-0.2, 0) is 0 Å². The zero-order valence-electron chi connectivity index (χ0n) is 12.1. The van der Waals surface area contributed by atoms with Crippen molar-refractivity contribution in [2.75, 3.05) is 11.1 Å². The summed E-state index contributed by atoms with van der Waals surface area (Å²) in [6.45, 7) is 7.40. The average molecular weight is 270 g/mol. The highest BCUT2D eigenvalue weighted by molar-refractivity contribution is 6.05. The summed E-state index contributed by atoms with van der Waals surface area (Å²) in [5, 5.41) is 10.8. The Kier molecular flexibility index (Phi) is 3.70. The Morgan fingerprint density at radius 2 is 1.75 bits per heavy atom. The van der Waals surface area contributed by atoms with Crippen molar-refractivity contribution in [2.45, 2.75) is 27.7 Å². The topological polar surface area (TPSA) is 80.9 Å². The van der Waals surface area contributed by atoms with E-state index in [2.05, 4.69) is 15.5 Å². The van der Waals surface area contributed by atoms with Crippen molar-refractivity contribution in [3.8, 4) is 0 Å². The van der Waals surface area contributed by atoms with Gasteiger partial charge in [0.05, 0.1) is 17.0 Å². The Bertz CT molecular complexity index is 680. The number of nitrogens with two attached hydrogens (primary N) is 1. The molecule has 0 fully saturated rings. The van der Waals surface area contributed by atoms with E-state index in [1.165, 1.54) is 0 Å². The first kappa shape index (κ1) is 14.0. The smallest absolute Gasteiger partial charge is 0.257 e. The first-order chi connectivity index (χ1) is 9.38. The summed E-state index contributed by atoms with van der Waals surface area (Å²) in [4.78, 5) is 12.3. The average Bonchev–Trinajstić information content (AvgIpc) is 2.38. The first-order valence-electron chi connectivity index (χ1n) is 6.37. The third kappa shape index (κ3) is 2.77. The van der Waals surface area contributed by atoms with E-state index < -0.39 is 0 Å². The van der Waals surface area contributed by atoms with Gasteiger partial charge in [0.15, 0.2) is 0 Å². The van der Waals surface area contributed by atoms with E-state index >= 15 is 0 Å². The van der Waals surface area contributed by atoms with Gasteiger partial charge < -0.3 is 11.1 Å². The Balaban J connectivity index is 2.32. The number of carbonyl (C=O) groups excluding carboxylic acids is 1. The number of nitrogens with one attached hydrogen (secondary N) is 1. The predicted molar refractivity (Wildman–Crippen MR) is 79.8 cm³/mol. The second-order valence-electron chi connectivity index (χ2n) is 4.96. The minimum Gasteiger partial charge on any atom is -0.399 e. The lowest BCUT2D eigenvalue weighted by Gasteiger charge is -2.12. The van der Waals surface area contributed by atoms with Gasteiger partial charge in [0.25, 0.3) is 5.91 Å². The van der Waals surface area contributed by atoms with Crippen molar-refractivity contribution in [3.05, 3.63) is 46.3 Å². The van der Waals surface area contributed by atoms with Crippen molar-refractivity contribution < 1.29 is 4.79 Å². The zero-order chi connectivity index (χ0) is 14.9. The molecule has 0 unspecified atom stereocenters. The number of nitrogen functional groups attached to an aromatic ring is 1. The Hall–Kier alpha value is -2.43. The monoisotopic (exact) mass is 270 g/mol. The van der Waals surface area contributed by atoms with E-state index in [0.717, 1.165) is 22.5 Å². The number of hydrogen-bond donors (Lipinski definition) is 2. The number of aryl methyl sites for hydroxylation is 4. The standard InChI is InChI=1S/C15H18N4O/c1-8-6-14(9(2)5-13(8)16)17-15(20)12-7-10(3)18-19-11(12)4/h5-7H,16H2,1-4H3,(H,17,20). The lowest BCUT2D eigenvalue weighted by Crippen LogP contribution is -2.16. The SMILES string of the molecule is Cc1cc(C(=O)Nc2cc(C)c(N)cc2C)c(C)nn1. The normalized spacial score (nSPS) is 10.4. The van der Waals surface area contributed by atoms with Gasteiger partial charge in [-0.15, -0.1) is 0 Å². The Labute approximate surface area is 118 Å². The summed E-state index contributed by atoms with van der Waals surface area (Å²) >= 11 is 0. The molecular formula is C15H18N4O. The molecule has 1 heterocycles. The van der Waals surface area contributed by atoms with E-state index in [-0.39, 0.29) is 5.91 Å². The van der Waals surface area contributed by atoms with E-state index in [9.17, 15) is 4.79 Å². The molecule has 0 saturated heterocycles. The van der Waals surface area contributed by atoms with Crippen LogP contribution in [0.4, 0.5) is 11.4 Å². The molecule has 0 aliphatic heterocycles. The summed E-state index contributed by atoms with van der Waals surface area (Å²) in [5.41, 5.74) is 11.0. The largest absolute Gasteiger partial charge is 0.399 e. The van der Waals surface area contributed by atoms with Crippen LogP contribution in [0.15, 0.2) is 18.2 Å². The van der Waals surface area contributed by atoms with Gasteiger partial charge in [-0.2, -0.15) is 10.2 Å². The number of nitrogens with zero attached hydrogens (tertiary/aromatic N) is 2. The van der Waals surface area contributed by atoms with Crippen LogP contribution < -0.4 is 11.1 Å². The molecule has 2 aromatic rings. The lowest BCUT2D eigenvalue weighted by molar-refractivity contribution is 0.102. The van der Waals surface area contributed by atoms with Crippen LogP contribution in [0.5, 0.6) is 0 Å². The van der Waals surface area contributed by atoms with Crippen molar-refractivity contribution in [2.24, 2.45) is 0 Å². The minimum absolute atomic E-state index is 0.187. The summed E-state index contributed by atoms with van der Waals surface area (Å²) in [7, 11) is 0. The minimum atomic E-state index is -0.187. The van der Waals surface area contributed by atoms with Crippen LogP contribution >= 0.6 is 0 Å². The maximum absolute atomic E-state index is 12.3. The quantitative estimate of drug-likeness (QED) is 0.822. The van der Waals surface area contributed by atoms with Crippen LogP contribution in [0.2, 0.25) is 0 Å². The van der Waals surface area contributed by atoms with E-state index in [0.29, 0.717) is 17.0 Å². The number of benzene rings is 1. The number of rotatable bonds is 2. The number of anilines is 2. The summed E-state index contributed by atoms with van der Waals surface area (Å²) in [6.07, 6.45) is 0. The molecule has 0 aliphatic rings. The van der Waals surface area contributed by atoms with Gasteiger partial charge in [-0.25, -0.2) is 0 Å². The van der Waals surface area contributed by atoms with Crippen molar-refractivity contribution >= 4 is 17.3 Å². The third-order valence-electron chi connectivity index (χ3n) is 3.21. The summed E-state index contributed by atoms with van der Waals surface area (Å²) < 4.78 is 0. The molecule has 0 radical (unpaired) electrons. The fraction of sp³-hybridized carbons (Fsp3) is 0.267. The van der Waals surface area contributed by atoms with Crippen LogP contribution in [0.1, 0.15) is 32.9 Å². The molecule has 0 aliphatic carbocycles. The molecule has 1 amide bonds. The van der Waals surface area contributed by atoms with E-state index in [4.69, 9.17) is 5.73 Å². The molecule has 0 saturated carbocycles. The maximum Gasteiger partial charge on any atom is 0.257 e. The second-order valence-corrected chi connectivity index (χ2v) is 4.96.